The zero-order valence-corrected chi connectivity index (χ0v) is 11.2. The molecule has 0 aromatic heterocycles. The third-order valence-electron chi connectivity index (χ3n) is 2.25. The van der Waals surface area contributed by atoms with Crippen molar-refractivity contribution in [1.29, 1.82) is 0 Å². The van der Waals surface area contributed by atoms with Crippen LogP contribution in [0.3, 0.4) is 0 Å². The number of methoxy groups -OCH3 is 1. The maximum atomic E-state index is 11.5. The number of nitrogens with one attached hydrogen (secondary N) is 1. The van der Waals surface area contributed by atoms with Crippen molar-refractivity contribution in [2.45, 2.75) is 13.0 Å². The number of rotatable bonds is 6. The van der Waals surface area contributed by atoms with Crippen LogP contribution in [0.25, 0.3) is 0 Å². The summed E-state index contributed by atoms with van der Waals surface area (Å²) >= 11 is 5.90. The largest absolute Gasteiger partial charge is 0.495 e. The number of hydrogen-bond acceptors (Lipinski definition) is 4. The maximum absolute atomic E-state index is 11.5. The zero-order valence-electron chi connectivity index (χ0n) is 10.5. The average Bonchev–Trinajstić information content (AvgIpc) is 2.36. The first kappa shape index (κ1) is 15.3. The first-order chi connectivity index (χ1) is 8.93. The number of carboxylic acid groups (broad SMARTS) is 1. The van der Waals surface area contributed by atoms with Crippen molar-refractivity contribution < 1.29 is 24.2 Å². The number of aliphatic carboxylic acids is 1. The van der Waals surface area contributed by atoms with Crippen molar-refractivity contribution in [3.8, 4) is 5.75 Å². The van der Waals surface area contributed by atoms with E-state index in [0.717, 1.165) is 0 Å². The topological polar surface area (TPSA) is 84.9 Å². The van der Waals surface area contributed by atoms with E-state index in [1.165, 1.54) is 20.1 Å². The van der Waals surface area contributed by atoms with Crippen molar-refractivity contribution in [3.63, 3.8) is 0 Å². The van der Waals surface area contributed by atoms with Gasteiger partial charge in [-0.3, -0.25) is 4.79 Å². The molecule has 1 aromatic carbocycles. The predicted octanol–water partition coefficient (Wildman–Crippen LogP) is 1.78. The minimum absolute atomic E-state index is 0.350. The third kappa shape index (κ3) is 4.76. The van der Waals surface area contributed by atoms with Crippen LogP contribution in [-0.2, 0) is 14.3 Å². The molecule has 0 fully saturated rings. The van der Waals surface area contributed by atoms with E-state index < -0.39 is 18.0 Å². The van der Waals surface area contributed by atoms with Crippen LogP contribution in [0, 0.1) is 0 Å². The number of carboxylic acids is 1. The Hall–Kier alpha value is -1.79. The summed E-state index contributed by atoms with van der Waals surface area (Å²) in [6.45, 7) is 0.997. The smallest absolute Gasteiger partial charge is 0.332 e. The Balaban J connectivity index is 2.53. The second-order valence-corrected chi connectivity index (χ2v) is 4.10. The molecule has 7 heteroatoms. The molecule has 0 saturated heterocycles. The fourth-order valence-corrected chi connectivity index (χ4v) is 1.47. The molecule has 19 heavy (non-hydrogen) atoms. The van der Waals surface area contributed by atoms with Crippen molar-refractivity contribution in [2.24, 2.45) is 0 Å². The summed E-state index contributed by atoms with van der Waals surface area (Å²) < 4.78 is 9.82. The highest BCUT2D eigenvalue weighted by atomic mass is 35.5. The number of amides is 1. The van der Waals surface area contributed by atoms with Crippen LogP contribution in [-0.4, -0.2) is 36.8 Å². The van der Waals surface area contributed by atoms with Crippen molar-refractivity contribution >= 4 is 29.2 Å². The molecule has 0 spiro atoms. The first-order valence-corrected chi connectivity index (χ1v) is 5.79. The number of benzene rings is 1. The minimum atomic E-state index is -1.12. The molecular weight excluding hydrogens is 274 g/mol. The van der Waals surface area contributed by atoms with Gasteiger partial charge in [-0.25, -0.2) is 4.79 Å². The molecule has 0 heterocycles. The highest BCUT2D eigenvalue weighted by Crippen LogP contribution is 2.27. The van der Waals surface area contributed by atoms with Gasteiger partial charge < -0.3 is 19.9 Å². The monoisotopic (exact) mass is 287 g/mol. The number of halogens is 1. The summed E-state index contributed by atoms with van der Waals surface area (Å²) in [6.07, 6.45) is -1.04. The van der Waals surface area contributed by atoms with Gasteiger partial charge in [-0.2, -0.15) is 0 Å². The van der Waals surface area contributed by atoms with E-state index in [4.69, 9.17) is 26.2 Å². The van der Waals surface area contributed by atoms with Crippen molar-refractivity contribution in [2.75, 3.05) is 19.0 Å². The minimum Gasteiger partial charge on any atom is -0.495 e. The van der Waals surface area contributed by atoms with E-state index in [0.29, 0.717) is 16.5 Å². The summed E-state index contributed by atoms with van der Waals surface area (Å²) in [6, 6.07) is 4.75. The predicted molar refractivity (Wildman–Crippen MR) is 69.7 cm³/mol. The quantitative estimate of drug-likeness (QED) is 0.833. The lowest BCUT2D eigenvalue weighted by molar-refractivity contribution is -0.150. The molecule has 0 aliphatic rings. The number of carbonyl (C=O) groups excluding carboxylic acids is 1. The summed E-state index contributed by atoms with van der Waals surface area (Å²) in [4.78, 5) is 22.0. The van der Waals surface area contributed by atoms with Crippen LogP contribution < -0.4 is 10.1 Å². The molecule has 0 saturated carbocycles. The molecule has 0 aliphatic heterocycles. The Morgan fingerprint density at radius 2 is 2.16 bits per heavy atom. The molecule has 104 valence electrons. The van der Waals surface area contributed by atoms with Gasteiger partial charge in [0.25, 0.3) is 0 Å². The number of ether oxygens (including phenoxy) is 2. The lowest BCUT2D eigenvalue weighted by Gasteiger charge is -2.10. The summed E-state index contributed by atoms with van der Waals surface area (Å²) in [7, 11) is 1.49. The SMILES string of the molecule is COc1ccc(NC(=O)COC(C)C(=O)O)cc1Cl. The van der Waals surface area contributed by atoms with Crippen LogP contribution >= 0.6 is 11.6 Å². The molecule has 0 aliphatic carbocycles. The molecule has 6 nitrogen and oxygen atoms in total. The fraction of sp³-hybridized carbons (Fsp3) is 0.333. The van der Waals surface area contributed by atoms with Crippen LogP contribution in [0.15, 0.2) is 18.2 Å². The van der Waals surface area contributed by atoms with Gasteiger partial charge in [-0.05, 0) is 25.1 Å². The zero-order chi connectivity index (χ0) is 14.4. The van der Waals surface area contributed by atoms with Gasteiger partial charge in [0.05, 0.1) is 12.1 Å². The normalized spacial score (nSPS) is 11.7. The molecule has 1 aromatic rings. The Labute approximate surface area is 115 Å². The lowest BCUT2D eigenvalue weighted by atomic mass is 10.3. The van der Waals surface area contributed by atoms with Gasteiger partial charge >= 0.3 is 5.97 Å². The summed E-state index contributed by atoms with van der Waals surface area (Å²) in [5.41, 5.74) is 0.474. The van der Waals surface area contributed by atoms with Crippen molar-refractivity contribution in [3.05, 3.63) is 23.2 Å². The van der Waals surface area contributed by atoms with E-state index in [1.807, 2.05) is 0 Å². The molecule has 1 rings (SSSR count). The lowest BCUT2D eigenvalue weighted by Crippen LogP contribution is -2.26. The van der Waals surface area contributed by atoms with Gasteiger partial charge in [0, 0.05) is 5.69 Å². The Bertz CT molecular complexity index is 477. The fourth-order valence-electron chi connectivity index (χ4n) is 1.21. The molecular formula is C12H14ClNO5. The van der Waals surface area contributed by atoms with E-state index in [2.05, 4.69) is 5.32 Å². The standard InChI is InChI=1S/C12H14ClNO5/c1-7(12(16)17)19-6-11(15)14-8-3-4-10(18-2)9(13)5-8/h3-5,7H,6H2,1-2H3,(H,14,15)(H,16,17). The van der Waals surface area contributed by atoms with E-state index in [1.54, 1.807) is 12.1 Å². The second-order valence-electron chi connectivity index (χ2n) is 3.69. The first-order valence-electron chi connectivity index (χ1n) is 5.42. The van der Waals surface area contributed by atoms with Gasteiger partial charge in [-0.1, -0.05) is 11.6 Å². The average molecular weight is 288 g/mol. The molecule has 2 N–H and O–H groups in total. The van der Waals surface area contributed by atoms with Gasteiger partial charge in [-0.15, -0.1) is 0 Å². The molecule has 1 unspecified atom stereocenters. The Morgan fingerprint density at radius 1 is 1.47 bits per heavy atom. The molecule has 1 amide bonds. The van der Waals surface area contributed by atoms with E-state index in [9.17, 15) is 9.59 Å². The van der Waals surface area contributed by atoms with Gasteiger partial charge in [0.2, 0.25) is 5.91 Å². The summed E-state index contributed by atoms with van der Waals surface area (Å²) in [5.74, 6) is -1.09. The van der Waals surface area contributed by atoms with E-state index >= 15 is 0 Å². The number of carbonyl (C=O) groups is 2. The number of hydrogen-bond donors (Lipinski definition) is 2. The second kappa shape index (κ2) is 6.96. The third-order valence-corrected chi connectivity index (χ3v) is 2.54. The Kier molecular flexibility index (Phi) is 5.59. The van der Waals surface area contributed by atoms with Gasteiger partial charge in [0.1, 0.15) is 12.4 Å². The van der Waals surface area contributed by atoms with Crippen LogP contribution in [0.4, 0.5) is 5.69 Å². The highest BCUT2D eigenvalue weighted by Gasteiger charge is 2.13. The molecule has 1 atom stereocenters. The van der Waals surface area contributed by atoms with Gasteiger partial charge in [0.15, 0.2) is 6.10 Å². The number of anilines is 1. The highest BCUT2D eigenvalue weighted by molar-refractivity contribution is 6.32. The molecule has 0 radical (unpaired) electrons. The maximum Gasteiger partial charge on any atom is 0.332 e. The van der Waals surface area contributed by atoms with Crippen molar-refractivity contribution in [1.82, 2.24) is 0 Å². The van der Waals surface area contributed by atoms with Crippen LogP contribution in [0.1, 0.15) is 6.92 Å². The Morgan fingerprint density at radius 3 is 2.68 bits per heavy atom. The molecule has 0 bridgehead atoms. The van der Waals surface area contributed by atoms with Crippen LogP contribution in [0.2, 0.25) is 5.02 Å². The van der Waals surface area contributed by atoms with Crippen LogP contribution in [0.5, 0.6) is 5.75 Å². The summed E-state index contributed by atoms with van der Waals surface area (Å²) in [5, 5.41) is 11.5. The van der Waals surface area contributed by atoms with E-state index in [-0.39, 0.29) is 6.61 Å².